The van der Waals surface area contributed by atoms with E-state index in [0.29, 0.717) is 6.42 Å². The lowest BCUT2D eigenvalue weighted by Crippen LogP contribution is -2.49. The van der Waals surface area contributed by atoms with Crippen molar-refractivity contribution in [3.63, 3.8) is 0 Å². The lowest BCUT2D eigenvalue weighted by Gasteiger charge is -2.29. The highest BCUT2D eigenvalue weighted by molar-refractivity contribution is 7.89. The van der Waals surface area contributed by atoms with Crippen LogP contribution in [-0.2, 0) is 10.0 Å². The Balaban J connectivity index is 2.31. The maximum absolute atomic E-state index is 12.4. The molecule has 0 amide bonds. The van der Waals surface area contributed by atoms with Crippen molar-refractivity contribution in [1.82, 2.24) is 4.72 Å². The summed E-state index contributed by atoms with van der Waals surface area (Å²) in [5.41, 5.74) is 5.95. The minimum Gasteiger partial charge on any atom is -0.326 e. The van der Waals surface area contributed by atoms with Crippen molar-refractivity contribution in [2.45, 2.75) is 42.7 Å². The third kappa shape index (κ3) is 3.59. The fourth-order valence-corrected chi connectivity index (χ4v) is 5.22. The third-order valence-corrected chi connectivity index (χ3v) is 5.99. The van der Waals surface area contributed by atoms with Crippen molar-refractivity contribution in [2.24, 2.45) is 5.73 Å². The zero-order valence-electron chi connectivity index (χ0n) is 10.6. The van der Waals surface area contributed by atoms with Crippen molar-refractivity contribution >= 4 is 44.8 Å². The summed E-state index contributed by atoms with van der Waals surface area (Å²) in [5.74, 6) is 0. The van der Waals surface area contributed by atoms with Crippen LogP contribution in [0.2, 0.25) is 15.1 Å². The smallest absolute Gasteiger partial charge is 0.243 e. The molecule has 112 valence electrons. The second-order valence-electron chi connectivity index (χ2n) is 4.87. The van der Waals surface area contributed by atoms with Crippen molar-refractivity contribution in [2.75, 3.05) is 0 Å². The van der Waals surface area contributed by atoms with Crippen molar-refractivity contribution in [3.8, 4) is 0 Å². The first-order chi connectivity index (χ1) is 9.31. The number of benzene rings is 1. The van der Waals surface area contributed by atoms with Crippen molar-refractivity contribution in [3.05, 3.63) is 27.2 Å². The summed E-state index contributed by atoms with van der Waals surface area (Å²) in [6, 6.07) is 2.22. The number of hydrogen-bond donors (Lipinski definition) is 2. The van der Waals surface area contributed by atoms with Crippen LogP contribution in [0.4, 0.5) is 0 Å². The Bertz CT molecular complexity index is 584. The monoisotopic (exact) mass is 356 g/mol. The largest absolute Gasteiger partial charge is 0.326 e. The van der Waals surface area contributed by atoms with E-state index < -0.39 is 10.0 Å². The molecule has 0 spiro atoms. The maximum atomic E-state index is 12.4. The van der Waals surface area contributed by atoms with Crippen molar-refractivity contribution < 1.29 is 8.42 Å². The normalized spacial score (nSPS) is 23.8. The van der Waals surface area contributed by atoms with E-state index in [2.05, 4.69) is 4.72 Å². The van der Waals surface area contributed by atoms with Gasteiger partial charge in [-0.15, -0.1) is 0 Å². The van der Waals surface area contributed by atoms with Crippen LogP contribution in [0.1, 0.15) is 25.7 Å². The predicted octanol–water partition coefficient (Wildman–Crippen LogP) is 3.20. The SMILES string of the molecule is N[C@@H]1CCCC[C@H]1NS(=O)(=O)c1c(Cl)cc(Cl)cc1Cl. The Hall–Kier alpha value is -0.0400. The molecule has 1 saturated carbocycles. The minimum absolute atomic E-state index is 0.000573. The Kier molecular flexibility index (Phi) is 5.21. The molecule has 0 radical (unpaired) electrons. The number of nitrogens with one attached hydrogen (secondary N) is 1. The number of sulfonamides is 1. The predicted molar refractivity (Wildman–Crippen MR) is 82.0 cm³/mol. The van der Waals surface area contributed by atoms with Crippen LogP contribution in [0.15, 0.2) is 17.0 Å². The minimum atomic E-state index is -3.82. The highest BCUT2D eigenvalue weighted by Gasteiger charge is 2.30. The summed E-state index contributed by atoms with van der Waals surface area (Å²) >= 11 is 17.7. The van der Waals surface area contributed by atoms with E-state index in [0.717, 1.165) is 19.3 Å². The van der Waals surface area contributed by atoms with E-state index in [1.165, 1.54) is 12.1 Å². The van der Waals surface area contributed by atoms with Crippen LogP contribution in [0.3, 0.4) is 0 Å². The molecule has 0 unspecified atom stereocenters. The van der Waals surface area contributed by atoms with E-state index in [1.54, 1.807) is 0 Å². The molecule has 2 atom stereocenters. The summed E-state index contributed by atoms with van der Waals surface area (Å²) < 4.78 is 27.4. The number of nitrogens with two attached hydrogens (primary N) is 1. The third-order valence-electron chi connectivity index (χ3n) is 3.36. The molecule has 0 aromatic heterocycles. The van der Waals surface area contributed by atoms with Crippen LogP contribution in [0.25, 0.3) is 0 Å². The number of rotatable bonds is 3. The van der Waals surface area contributed by atoms with E-state index in [1.807, 2.05) is 0 Å². The molecule has 2 rings (SSSR count). The highest BCUT2D eigenvalue weighted by Crippen LogP contribution is 2.33. The molecular formula is C12H15Cl3N2O2S. The summed E-state index contributed by atoms with van der Waals surface area (Å²) in [6.07, 6.45) is 3.48. The summed E-state index contributed by atoms with van der Waals surface area (Å²) in [4.78, 5) is -0.150. The quantitative estimate of drug-likeness (QED) is 0.872. The Morgan fingerprint density at radius 3 is 2.20 bits per heavy atom. The van der Waals surface area contributed by atoms with Crippen molar-refractivity contribution in [1.29, 1.82) is 0 Å². The Morgan fingerprint density at radius 1 is 1.10 bits per heavy atom. The molecule has 0 bridgehead atoms. The van der Waals surface area contributed by atoms with E-state index in [9.17, 15) is 8.42 Å². The van der Waals surface area contributed by atoms with Gasteiger partial charge in [0.1, 0.15) is 4.90 Å². The van der Waals surface area contributed by atoms with E-state index in [4.69, 9.17) is 40.5 Å². The van der Waals surface area contributed by atoms with Crippen LogP contribution in [0, 0.1) is 0 Å². The summed E-state index contributed by atoms with van der Waals surface area (Å²) in [7, 11) is -3.82. The molecule has 0 aliphatic heterocycles. The van der Waals surface area contributed by atoms with E-state index in [-0.39, 0.29) is 32.0 Å². The molecule has 1 aliphatic rings. The second-order valence-corrected chi connectivity index (χ2v) is 7.78. The molecule has 3 N–H and O–H groups in total. The highest BCUT2D eigenvalue weighted by atomic mass is 35.5. The molecule has 1 aliphatic carbocycles. The molecule has 1 aromatic carbocycles. The molecular weight excluding hydrogens is 343 g/mol. The lowest BCUT2D eigenvalue weighted by molar-refractivity contribution is 0.361. The Morgan fingerprint density at radius 2 is 1.65 bits per heavy atom. The van der Waals surface area contributed by atoms with Gasteiger partial charge >= 0.3 is 0 Å². The van der Waals surface area contributed by atoms with Gasteiger partial charge in [0, 0.05) is 17.1 Å². The van der Waals surface area contributed by atoms with Gasteiger partial charge < -0.3 is 5.73 Å². The maximum Gasteiger partial charge on any atom is 0.243 e. The molecule has 4 nitrogen and oxygen atoms in total. The average Bonchev–Trinajstić information content (AvgIpc) is 2.30. The first-order valence-corrected chi connectivity index (χ1v) is 8.85. The first-order valence-electron chi connectivity index (χ1n) is 6.24. The standard InChI is InChI=1S/C12H15Cl3N2O2S/c13-7-5-8(14)12(9(15)6-7)20(18,19)17-11-4-2-1-3-10(11)16/h5-6,10-11,17H,1-4,16H2/t10-,11-/m1/s1. The first kappa shape index (κ1) is 16.3. The van der Waals surface area contributed by atoms with E-state index >= 15 is 0 Å². The zero-order chi connectivity index (χ0) is 14.9. The number of hydrogen-bond acceptors (Lipinski definition) is 3. The van der Waals surface area contributed by atoms with Gasteiger partial charge in [-0.3, -0.25) is 0 Å². The van der Waals surface area contributed by atoms with Gasteiger partial charge in [0.2, 0.25) is 10.0 Å². The fraction of sp³-hybridized carbons (Fsp3) is 0.500. The van der Waals surface area contributed by atoms with Crippen LogP contribution in [0.5, 0.6) is 0 Å². The van der Waals surface area contributed by atoms with Gasteiger partial charge in [-0.25, -0.2) is 13.1 Å². The van der Waals surface area contributed by atoms with Gasteiger partial charge in [-0.2, -0.15) is 0 Å². The molecule has 0 saturated heterocycles. The molecule has 1 aromatic rings. The second kappa shape index (κ2) is 6.38. The fourth-order valence-electron chi connectivity index (χ4n) is 2.35. The van der Waals surface area contributed by atoms with Crippen LogP contribution < -0.4 is 10.5 Å². The Labute approximate surface area is 133 Å². The lowest BCUT2D eigenvalue weighted by atomic mass is 9.92. The van der Waals surface area contributed by atoms with Gasteiger partial charge in [-0.05, 0) is 25.0 Å². The average molecular weight is 358 g/mol. The topological polar surface area (TPSA) is 72.2 Å². The summed E-state index contributed by atoms with van der Waals surface area (Å²) in [5, 5.41) is 0.284. The number of halogens is 3. The molecule has 20 heavy (non-hydrogen) atoms. The van der Waals surface area contributed by atoms with Gasteiger partial charge in [0.25, 0.3) is 0 Å². The summed E-state index contributed by atoms with van der Waals surface area (Å²) in [6.45, 7) is 0. The van der Waals surface area contributed by atoms with Gasteiger partial charge in [-0.1, -0.05) is 47.6 Å². The van der Waals surface area contributed by atoms with Gasteiger partial charge in [0.15, 0.2) is 0 Å². The van der Waals surface area contributed by atoms with Gasteiger partial charge in [0.05, 0.1) is 10.0 Å². The molecule has 0 heterocycles. The molecule has 8 heteroatoms. The van der Waals surface area contributed by atoms with Crippen LogP contribution >= 0.6 is 34.8 Å². The molecule has 1 fully saturated rings. The van der Waals surface area contributed by atoms with Crippen LogP contribution in [-0.4, -0.2) is 20.5 Å². The zero-order valence-corrected chi connectivity index (χ0v) is 13.7.